The molecule has 4 nitrogen and oxygen atoms in total. The fourth-order valence-electron chi connectivity index (χ4n) is 2.04. The van der Waals surface area contributed by atoms with Crippen LogP contribution >= 0.6 is 0 Å². The maximum absolute atomic E-state index is 13.0. The van der Waals surface area contributed by atoms with E-state index in [1.54, 1.807) is 12.1 Å². The van der Waals surface area contributed by atoms with Crippen molar-refractivity contribution in [2.24, 2.45) is 0 Å². The van der Waals surface area contributed by atoms with Gasteiger partial charge in [-0.25, -0.2) is 4.39 Å². The quantitative estimate of drug-likeness (QED) is 0.708. The van der Waals surface area contributed by atoms with E-state index in [4.69, 9.17) is 4.74 Å². The van der Waals surface area contributed by atoms with Gasteiger partial charge >= 0.3 is 0 Å². The lowest BCUT2D eigenvalue weighted by atomic mass is 10.3. The minimum atomic E-state index is -1.11. The van der Waals surface area contributed by atoms with Crippen molar-refractivity contribution in [1.29, 1.82) is 0 Å². The number of rotatable bonds is 9. The van der Waals surface area contributed by atoms with Gasteiger partial charge in [-0.3, -0.25) is 9.00 Å². The van der Waals surface area contributed by atoms with Gasteiger partial charge in [0.2, 0.25) is 5.91 Å². The highest BCUT2D eigenvalue weighted by Gasteiger charge is 2.05. The molecule has 0 saturated heterocycles. The van der Waals surface area contributed by atoms with Crippen molar-refractivity contribution in [1.82, 2.24) is 5.32 Å². The third kappa shape index (κ3) is 6.50. The molecule has 1 atom stereocenters. The van der Waals surface area contributed by atoms with Crippen LogP contribution in [0, 0.1) is 5.82 Å². The number of nitrogens with one attached hydrogen (secondary N) is 1. The average molecular weight is 349 g/mol. The molecule has 0 spiro atoms. The van der Waals surface area contributed by atoms with Crippen LogP contribution in [0.4, 0.5) is 4.39 Å². The molecule has 1 unspecified atom stereocenters. The number of benzene rings is 2. The molecule has 0 aromatic heterocycles. The van der Waals surface area contributed by atoms with Gasteiger partial charge in [-0.2, -0.15) is 0 Å². The molecule has 24 heavy (non-hydrogen) atoms. The minimum Gasteiger partial charge on any atom is -0.493 e. The van der Waals surface area contributed by atoms with E-state index in [9.17, 15) is 13.4 Å². The van der Waals surface area contributed by atoms with Crippen molar-refractivity contribution in [3.05, 3.63) is 60.4 Å². The van der Waals surface area contributed by atoms with Gasteiger partial charge in [0, 0.05) is 29.7 Å². The molecular weight excluding hydrogens is 329 g/mol. The van der Waals surface area contributed by atoms with E-state index in [1.807, 2.05) is 30.3 Å². The lowest BCUT2D eigenvalue weighted by Gasteiger charge is -2.07. The standard InChI is InChI=1S/C18H20FNO3S/c19-15-6-4-7-16(14-15)23-12-5-10-18(21)20-11-13-24(22)17-8-2-1-3-9-17/h1-4,6-9,14H,5,10-13H2,(H,20,21). The Bertz CT molecular complexity index is 679. The Balaban J connectivity index is 1.57. The van der Waals surface area contributed by atoms with E-state index >= 15 is 0 Å². The van der Waals surface area contributed by atoms with E-state index in [-0.39, 0.29) is 11.7 Å². The van der Waals surface area contributed by atoms with Crippen LogP contribution in [0.5, 0.6) is 5.75 Å². The lowest BCUT2D eigenvalue weighted by Crippen LogP contribution is -2.27. The monoisotopic (exact) mass is 349 g/mol. The number of carbonyl (C=O) groups is 1. The van der Waals surface area contributed by atoms with Gasteiger partial charge in [0.05, 0.1) is 17.4 Å². The highest BCUT2D eigenvalue weighted by atomic mass is 32.2. The van der Waals surface area contributed by atoms with Crippen LogP contribution in [0.1, 0.15) is 12.8 Å². The van der Waals surface area contributed by atoms with Gasteiger partial charge in [0.15, 0.2) is 0 Å². The van der Waals surface area contributed by atoms with E-state index < -0.39 is 10.8 Å². The lowest BCUT2D eigenvalue weighted by molar-refractivity contribution is -0.121. The average Bonchev–Trinajstić information content (AvgIpc) is 2.59. The van der Waals surface area contributed by atoms with Gasteiger partial charge in [0.25, 0.3) is 0 Å². The molecule has 6 heteroatoms. The first kappa shape index (κ1) is 18.1. The fourth-order valence-corrected chi connectivity index (χ4v) is 3.03. The zero-order chi connectivity index (χ0) is 17.2. The molecule has 0 saturated carbocycles. The molecule has 0 radical (unpaired) electrons. The topological polar surface area (TPSA) is 55.4 Å². The number of hydrogen-bond acceptors (Lipinski definition) is 3. The van der Waals surface area contributed by atoms with Crippen molar-refractivity contribution in [3.63, 3.8) is 0 Å². The summed E-state index contributed by atoms with van der Waals surface area (Å²) in [6.07, 6.45) is 0.845. The Morgan fingerprint density at radius 3 is 2.67 bits per heavy atom. The first-order valence-corrected chi connectivity index (χ1v) is 9.05. The summed E-state index contributed by atoms with van der Waals surface area (Å²) in [4.78, 5) is 12.5. The number of halogens is 1. The Hall–Kier alpha value is -2.21. The fraction of sp³-hybridized carbons (Fsp3) is 0.278. The third-order valence-corrected chi connectivity index (χ3v) is 4.60. The van der Waals surface area contributed by atoms with Gasteiger partial charge in [0.1, 0.15) is 11.6 Å². The molecule has 0 aliphatic heterocycles. The molecule has 0 fully saturated rings. The molecule has 2 aromatic rings. The van der Waals surface area contributed by atoms with Gasteiger partial charge < -0.3 is 10.1 Å². The second kappa shape index (κ2) is 9.82. The SMILES string of the molecule is O=C(CCCOc1cccc(F)c1)NCCS(=O)c1ccccc1. The van der Waals surface area contributed by atoms with Crippen LogP contribution in [-0.2, 0) is 15.6 Å². The molecule has 128 valence electrons. The van der Waals surface area contributed by atoms with Crippen LogP contribution in [-0.4, -0.2) is 29.0 Å². The van der Waals surface area contributed by atoms with E-state index in [1.165, 1.54) is 12.1 Å². The predicted molar refractivity (Wildman–Crippen MR) is 91.9 cm³/mol. The van der Waals surface area contributed by atoms with E-state index in [0.29, 0.717) is 37.5 Å². The Kier molecular flexibility index (Phi) is 7.42. The van der Waals surface area contributed by atoms with Crippen LogP contribution in [0.25, 0.3) is 0 Å². The number of amides is 1. The van der Waals surface area contributed by atoms with Gasteiger partial charge in [-0.1, -0.05) is 24.3 Å². The number of ether oxygens (including phenoxy) is 1. The van der Waals surface area contributed by atoms with Crippen LogP contribution < -0.4 is 10.1 Å². The predicted octanol–water partition coefficient (Wildman–Crippen LogP) is 2.91. The smallest absolute Gasteiger partial charge is 0.220 e. The summed E-state index contributed by atoms with van der Waals surface area (Å²) in [6.45, 7) is 0.706. The van der Waals surface area contributed by atoms with Crippen LogP contribution in [0.3, 0.4) is 0 Å². The summed E-state index contributed by atoms with van der Waals surface area (Å²) in [6, 6.07) is 15.1. The molecule has 0 aliphatic rings. The third-order valence-electron chi connectivity index (χ3n) is 3.23. The molecular formula is C18H20FNO3S. The molecule has 0 aliphatic carbocycles. The van der Waals surface area contributed by atoms with Gasteiger partial charge in [-0.05, 0) is 30.7 Å². The highest BCUT2D eigenvalue weighted by Crippen LogP contribution is 2.12. The molecule has 0 bridgehead atoms. The minimum absolute atomic E-state index is 0.108. The molecule has 2 aromatic carbocycles. The molecule has 1 amide bonds. The zero-order valence-electron chi connectivity index (χ0n) is 13.2. The normalized spacial score (nSPS) is 11.7. The summed E-state index contributed by atoms with van der Waals surface area (Å²) in [5.41, 5.74) is 0. The number of carbonyl (C=O) groups excluding carboxylic acids is 1. The maximum Gasteiger partial charge on any atom is 0.220 e. The van der Waals surface area contributed by atoms with Crippen molar-refractivity contribution < 1.29 is 18.1 Å². The largest absolute Gasteiger partial charge is 0.493 e. The zero-order valence-corrected chi connectivity index (χ0v) is 14.1. The summed E-state index contributed by atoms with van der Waals surface area (Å²) in [5, 5.41) is 2.74. The summed E-state index contributed by atoms with van der Waals surface area (Å²) in [5.74, 6) is 0.378. The molecule has 0 heterocycles. The van der Waals surface area contributed by atoms with Crippen molar-refractivity contribution in [3.8, 4) is 5.75 Å². The van der Waals surface area contributed by atoms with E-state index in [2.05, 4.69) is 5.32 Å². The van der Waals surface area contributed by atoms with E-state index in [0.717, 1.165) is 4.90 Å². The Morgan fingerprint density at radius 1 is 1.12 bits per heavy atom. The summed E-state index contributed by atoms with van der Waals surface area (Å²) < 4.78 is 30.3. The van der Waals surface area contributed by atoms with Gasteiger partial charge in [-0.15, -0.1) is 0 Å². The Morgan fingerprint density at radius 2 is 1.92 bits per heavy atom. The second-order valence-electron chi connectivity index (χ2n) is 5.12. The van der Waals surface area contributed by atoms with Crippen LogP contribution in [0.15, 0.2) is 59.5 Å². The molecule has 1 N–H and O–H groups in total. The Labute approximate surface area is 143 Å². The summed E-state index contributed by atoms with van der Waals surface area (Å²) in [7, 11) is -1.11. The van der Waals surface area contributed by atoms with Crippen molar-refractivity contribution in [2.45, 2.75) is 17.7 Å². The molecule has 2 rings (SSSR count). The maximum atomic E-state index is 13.0. The van der Waals surface area contributed by atoms with Crippen molar-refractivity contribution in [2.75, 3.05) is 18.9 Å². The highest BCUT2D eigenvalue weighted by molar-refractivity contribution is 7.85. The first-order valence-electron chi connectivity index (χ1n) is 7.73. The first-order chi connectivity index (χ1) is 11.6. The van der Waals surface area contributed by atoms with Crippen LogP contribution in [0.2, 0.25) is 0 Å². The number of hydrogen-bond donors (Lipinski definition) is 1. The van der Waals surface area contributed by atoms with Crippen molar-refractivity contribution >= 4 is 16.7 Å². The second-order valence-corrected chi connectivity index (χ2v) is 6.69. The summed E-state index contributed by atoms with van der Waals surface area (Å²) >= 11 is 0.